The quantitative estimate of drug-likeness (QED) is 0.462. The van der Waals surface area contributed by atoms with Crippen LogP contribution in [0.15, 0.2) is 78.9 Å². The summed E-state index contributed by atoms with van der Waals surface area (Å²) in [5.74, 6) is 1.45. The minimum atomic E-state index is 0.291. The maximum absolute atomic E-state index is 5.14. The van der Waals surface area contributed by atoms with Gasteiger partial charge in [0.05, 0.1) is 11.4 Å². The molecule has 4 aromatic rings. The second kappa shape index (κ2) is 7.83. The number of benzene rings is 3. The Morgan fingerprint density at radius 3 is 2.20 bits per heavy atom. The lowest BCUT2D eigenvalue weighted by atomic mass is 9.86. The Bertz CT molecular complexity index is 1120. The summed E-state index contributed by atoms with van der Waals surface area (Å²) in [5, 5.41) is 8.72. The molecule has 3 aromatic carbocycles. The lowest BCUT2D eigenvalue weighted by Gasteiger charge is -2.17. The molecule has 0 amide bonds. The summed E-state index contributed by atoms with van der Waals surface area (Å²) in [7, 11) is 0. The highest BCUT2D eigenvalue weighted by atomic mass is 15.3. The van der Waals surface area contributed by atoms with E-state index >= 15 is 0 Å². The van der Waals surface area contributed by atoms with Gasteiger partial charge in [-0.05, 0) is 43.0 Å². The summed E-state index contributed by atoms with van der Waals surface area (Å²) in [5.41, 5.74) is 8.94. The molecule has 3 heteroatoms. The van der Waals surface area contributed by atoms with E-state index in [4.69, 9.17) is 5.10 Å². The third-order valence-electron chi connectivity index (χ3n) is 6.12. The van der Waals surface area contributed by atoms with Crippen LogP contribution in [0.5, 0.6) is 0 Å². The molecule has 0 saturated heterocycles. The molecule has 150 valence electrons. The molecule has 0 fully saturated rings. The van der Waals surface area contributed by atoms with Crippen LogP contribution in [0, 0.1) is 13.8 Å². The van der Waals surface area contributed by atoms with Crippen molar-refractivity contribution in [3.8, 4) is 5.69 Å². The molecule has 0 spiro atoms. The van der Waals surface area contributed by atoms with Crippen molar-refractivity contribution in [1.82, 2.24) is 9.78 Å². The maximum Gasteiger partial charge on any atom is 0.133 e. The number of rotatable bonds is 5. The monoisotopic (exact) mass is 393 g/mol. The number of nitrogens with zero attached hydrogens (tertiary/aromatic N) is 2. The number of aromatic nitrogens is 2. The zero-order valence-corrected chi connectivity index (χ0v) is 17.6. The predicted octanol–water partition coefficient (Wildman–Crippen LogP) is 5.83. The Balaban J connectivity index is 1.58. The minimum Gasteiger partial charge on any atom is -0.369 e. The molecule has 0 unspecified atom stereocenters. The minimum absolute atomic E-state index is 0.291. The van der Waals surface area contributed by atoms with E-state index in [1.54, 1.807) is 0 Å². The molecular formula is C27H27N3. The van der Waals surface area contributed by atoms with Gasteiger partial charge in [0.25, 0.3) is 0 Å². The van der Waals surface area contributed by atoms with Gasteiger partial charge in [0.1, 0.15) is 5.82 Å². The second-order valence-electron chi connectivity index (χ2n) is 8.23. The fraction of sp³-hybridized carbons (Fsp3) is 0.222. The van der Waals surface area contributed by atoms with E-state index in [1.807, 2.05) is 0 Å². The van der Waals surface area contributed by atoms with Gasteiger partial charge in [-0.25, -0.2) is 4.68 Å². The lowest BCUT2D eigenvalue weighted by molar-refractivity contribution is 0.744. The lowest BCUT2D eigenvalue weighted by Crippen LogP contribution is -2.09. The SMILES string of the molecule is Cc1ccc(-n2nc(CC(c3ccccc3)c3ccccc3)c3c2NCC3)c(C)c1. The Labute approximate surface area is 178 Å². The summed E-state index contributed by atoms with van der Waals surface area (Å²) >= 11 is 0. The van der Waals surface area contributed by atoms with Crippen molar-refractivity contribution < 1.29 is 0 Å². The summed E-state index contributed by atoms with van der Waals surface area (Å²) < 4.78 is 2.12. The summed E-state index contributed by atoms with van der Waals surface area (Å²) in [6.45, 7) is 5.28. The molecule has 30 heavy (non-hydrogen) atoms. The Morgan fingerprint density at radius 2 is 1.57 bits per heavy atom. The molecule has 1 aliphatic heterocycles. The molecule has 3 nitrogen and oxygen atoms in total. The van der Waals surface area contributed by atoms with E-state index < -0.39 is 0 Å². The molecular weight excluding hydrogens is 366 g/mol. The number of aryl methyl sites for hydroxylation is 2. The Morgan fingerprint density at radius 1 is 0.900 bits per heavy atom. The largest absolute Gasteiger partial charge is 0.369 e. The standard InChI is InChI=1S/C27H27N3/c1-19-13-14-26(20(2)17-19)30-27-23(15-16-28-27)25(29-30)18-24(21-9-5-3-6-10-21)22-11-7-4-8-12-22/h3-14,17,24,28H,15-16,18H2,1-2H3. The first kappa shape index (κ1) is 18.7. The summed E-state index contributed by atoms with van der Waals surface area (Å²) in [6, 6.07) is 28.2. The molecule has 1 aromatic heterocycles. The first-order valence-electron chi connectivity index (χ1n) is 10.7. The van der Waals surface area contributed by atoms with Crippen LogP contribution in [0.4, 0.5) is 5.82 Å². The van der Waals surface area contributed by atoms with Crippen LogP contribution in [0.25, 0.3) is 5.69 Å². The third-order valence-corrected chi connectivity index (χ3v) is 6.12. The molecule has 2 heterocycles. The molecule has 0 atom stereocenters. The normalized spacial score (nSPS) is 12.8. The van der Waals surface area contributed by atoms with Crippen LogP contribution in [-0.4, -0.2) is 16.3 Å². The van der Waals surface area contributed by atoms with E-state index in [0.717, 1.165) is 30.9 Å². The van der Waals surface area contributed by atoms with E-state index in [1.165, 1.54) is 33.5 Å². The van der Waals surface area contributed by atoms with E-state index in [-0.39, 0.29) is 0 Å². The first-order valence-corrected chi connectivity index (χ1v) is 10.7. The fourth-order valence-corrected chi connectivity index (χ4v) is 4.62. The van der Waals surface area contributed by atoms with Crippen molar-refractivity contribution in [2.75, 3.05) is 11.9 Å². The Kier molecular flexibility index (Phi) is 4.88. The summed E-state index contributed by atoms with van der Waals surface area (Å²) in [6.07, 6.45) is 1.93. The van der Waals surface area contributed by atoms with Gasteiger partial charge < -0.3 is 5.32 Å². The number of fused-ring (bicyclic) bond motifs is 1. The van der Waals surface area contributed by atoms with Gasteiger partial charge in [0, 0.05) is 24.4 Å². The molecule has 1 aliphatic rings. The van der Waals surface area contributed by atoms with Crippen LogP contribution in [-0.2, 0) is 12.8 Å². The van der Waals surface area contributed by atoms with Crippen LogP contribution >= 0.6 is 0 Å². The van der Waals surface area contributed by atoms with Crippen LogP contribution < -0.4 is 5.32 Å². The molecule has 0 bridgehead atoms. The Hall–Kier alpha value is -3.33. The van der Waals surface area contributed by atoms with Crippen molar-refractivity contribution in [2.45, 2.75) is 32.6 Å². The molecule has 0 aliphatic carbocycles. The smallest absolute Gasteiger partial charge is 0.133 e. The zero-order valence-electron chi connectivity index (χ0n) is 17.6. The van der Waals surface area contributed by atoms with E-state index in [2.05, 4.69) is 103 Å². The van der Waals surface area contributed by atoms with E-state index in [0.29, 0.717) is 5.92 Å². The number of hydrogen-bond acceptors (Lipinski definition) is 2. The van der Waals surface area contributed by atoms with Gasteiger partial charge in [-0.15, -0.1) is 0 Å². The van der Waals surface area contributed by atoms with Crippen molar-refractivity contribution in [1.29, 1.82) is 0 Å². The first-order chi connectivity index (χ1) is 14.7. The van der Waals surface area contributed by atoms with Crippen molar-refractivity contribution >= 4 is 5.82 Å². The van der Waals surface area contributed by atoms with Crippen molar-refractivity contribution in [3.05, 3.63) is 112 Å². The molecule has 1 N–H and O–H groups in total. The predicted molar refractivity (Wildman–Crippen MR) is 124 cm³/mol. The molecule has 5 rings (SSSR count). The highest BCUT2D eigenvalue weighted by Gasteiger charge is 2.26. The number of nitrogens with one attached hydrogen (secondary N) is 1. The van der Waals surface area contributed by atoms with Crippen molar-refractivity contribution in [2.24, 2.45) is 0 Å². The topological polar surface area (TPSA) is 29.9 Å². The van der Waals surface area contributed by atoms with Gasteiger partial charge in [-0.3, -0.25) is 0 Å². The maximum atomic E-state index is 5.14. The van der Waals surface area contributed by atoms with Gasteiger partial charge in [-0.2, -0.15) is 5.10 Å². The van der Waals surface area contributed by atoms with Crippen LogP contribution in [0.2, 0.25) is 0 Å². The second-order valence-corrected chi connectivity index (χ2v) is 8.23. The molecule has 0 saturated carbocycles. The highest BCUT2D eigenvalue weighted by Crippen LogP contribution is 2.35. The number of hydrogen-bond donors (Lipinski definition) is 1. The average molecular weight is 394 g/mol. The fourth-order valence-electron chi connectivity index (χ4n) is 4.62. The van der Waals surface area contributed by atoms with Crippen molar-refractivity contribution in [3.63, 3.8) is 0 Å². The summed E-state index contributed by atoms with van der Waals surface area (Å²) in [4.78, 5) is 0. The zero-order chi connectivity index (χ0) is 20.5. The number of anilines is 1. The van der Waals surface area contributed by atoms with Gasteiger partial charge in [0.2, 0.25) is 0 Å². The highest BCUT2D eigenvalue weighted by molar-refractivity contribution is 5.59. The van der Waals surface area contributed by atoms with Gasteiger partial charge in [-0.1, -0.05) is 78.4 Å². The van der Waals surface area contributed by atoms with Gasteiger partial charge in [0.15, 0.2) is 0 Å². The van der Waals surface area contributed by atoms with Gasteiger partial charge >= 0.3 is 0 Å². The average Bonchev–Trinajstić information content (AvgIpc) is 3.37. The third kappa shape index (κ3) is 3.41. The molecule has 0 radical (unpaired) electrons. The van der Waals surface area contributed by atoms with E-state index in [9.17, 15) is 0 Å². The van der Waals surface area contributed by atoms with Crippen LogP contribution in [0.1, 0.15) is 39.4 Å². The van der Waals surface area contributed by atoms with Crippen LogP contribution in [0.3, 0.4) is 0 Å².